The lowest BCUT2D eigenvalue weighted by Gasteiger charge is -2.19. The third-order valence-corrected chi connectivity index (χ3v) is 4.84. The molecule has 3 aromatic rings. The number of carbonyl (C=O) groups is 1. The van der Waals surface area contributed by atoms with Gasteiger partial charge in [-0.25, -0.2) is 4.98 Å². The summed E-state index contributed by atoms with van der Waals surface area (Å²) in [6.45, 7) is 2.91. The number of imidazole rings is 1. The van der Waals surface area contributed by atoms with Gasteiger partial charge in [0.1, 0.15) is 5.82 Å². The fraction of sp³-hybridized carbons (Fsp3) is 0.312. The van der Waals surface area contributed by atoms with E-state index in [1.165, 1.54) is 0 Å². The van der Waals surface area contributed by atoms with Crippen LogP contribution in [0.15, 0.2) is 41.5 Å². The van der Waals surface area contributed by atoms with Crippen LogP contribution in [0.25, 0.3) is 0 Å². The maximum Gasteiger partial charge on any atom is 0.254 e. The smallest absolute Gasteiger partial charge is 0.254 e. The van der Waals surface area contributed by atoms with Crippen LogP contribution in [0.1, 0.15) is 21.9 Å². The summed E-state index contributed by atoms with van der Waals surface area (Å²) < 4.78 is 4.12. The normalized spacial score (nSPS) is 14.5. The minimum atomic E-state index is 0.116. The first kappa shape index (κ1) is 14.2. The van der Waals surface area contributed by atoms with Gasteiger partial charge in [0.05, 0.1) is 24.0 Å². The van der Waals surface area contributed by atoms with Crippen molar-refractivity contribution in [1.29, 1.82) is 0 Å². The first-order valence-electron chi connectivity index (χ1n) is 7.63. The first-order chi connectivity index (χ1) is 11.3. The molecule has 0 fully saturated rings. The van der Waals surface area contributed by atoms with Gasteiger partial charge in [-0.2, -0.15) is 16.4 Å². The van der Waals surface area contributed by atoms with Crippen LogP contribution in [0.3, 0.4) is 0 Å². The zero-order chi connectivity index (χ0) is 15.6. The minimum Gasteiger partial charge on any atom is -0.336 e. The number of fused-ring (bicyclic) bond motifs is 1. The van der Waals surface area contributed by atoms with E-state index in [2.05, 4.69) is 14.6 Å². The van der Waals surface area contributed by atoms with Crippen LogP contribution in [-0.2, 0) is 19.5 Å². The van der Waals surface area contributed by atoms with Crippen molar-refractivity contribution in [2.45, 2.75) is 19.5 Å². The summed E-state index contributed by atoms with van der Waals surface area (Å²) in [5.74, 6) is 1.17. The maximum absolute atomic E-state index is 12.5. The van der Waals surface area contributed by atoms with Crippen LogP contribution < -0.4 is 0 Å². The van der Waals surface area contributed by atoms with Crippen LogP contribution in [0, 0.1) is 0 Å². The first-order valence-corrected chi connectivity index (χ1v) is 8.58. The van der Waals surface area contributed by atoms with E-state index in [0.717, 1.165) is 30.0 Å². The summed E-state index contributed by atoms with van der Waals surface area (Å²) >= 11 is 1.56. The second kappa shape index (κ2) is 6.00. The largest absolute Gasteiger partial charge is 0.336 e. The average Bonchev–Trinajstić information content (AvgIpc) is 3.29. The highest BCUT2D eigenvalue weighted by Crippen LogP contribution is 2.16. The molecule has 1 aliphatic rings. The highest BCUT2D eigenvalue weighted by atomic mass is 32.1. The van der Waals surface area contributed by atoms with E-state index in [9.17, 15) is 4.79 Å². The van der Waals surface area contributed by atoms with Crippen molar-refractivity contribution in [3.63, 3.8) is 0 Å². The SMILES string of the molecule is O=C(c1ccsc1)N1CCc2ncc(Cn3cccn3)n2CC1. The molecule has 6 nitrogen and oxygen atoms in total. The topological polar surface area (TPSA) is 56.0 Å². The van der Waals surface area contributed by atoms with Gasteiger partial charge in [0.2, 0.25) is 0 Å². The van der Waals surface area contributed by atoms with E-state index >= 15 is 0 Å². The van der Waals surface area contributed by atoms with Crippen LogP contribution in [-0.4, -0.2) is 43.2 Å². The van der Waals surface area contributed by atoms with Gasteiger partial charge in [-0.05, 0) is 17.5 Å². The van der Waals surface area contributed by atoms with Gasteiger partial charge in [0, 0.05) is 43.8 Å². The van der Waals surface area contributed by atoms with Gasteiger partial charge >= 0.3 is 0 Å². The molecule has 0 saturated carbocycles. The monoisotopic (exact) mass is 327 g/mol. The number of aromatic nitrogens is 4. The van der Waals surface area contributed by atoms with E-state index in [1.807, 2.05) is 44.9 Å². The molecule has 0 aliphatic carbocycles. The molecule has 0 saturated heterocycles. The molecule has 0 atom stereocenters. The van der Waals surface area contributed by atoms with Crippen molar-refractivity contribution < 1.29 is 4.79 Å². The molecule has 1 aliphatic heterocycles. The highest BCUT2D eigenvalue weighted by molar-refractivity contribution is 7.08. The van der Waals surface area contributed by atoms with E-state index < -0.39 is 0 Å². The summed E-state index contributed by atoms with van der Waals surface area (Å²) in [6, 6.07) is 3.81. The summed E-state index contributed by atoms with van der Waals surface area (Å²) in [4.78, 5) is 19.0. The summed E-state index contributed by atoms with van der Waals surface area (Å²) in [6.07, 6.45) is 6.44. The van der Waals surface area contributed by atoms with Gasteiger partial charge in [-0.15, -0.1) is 0 Å². The molecular weight excluding hydrogens is 310 g/mol. The summed E-state index contributed by atoms with van der Waals surface area (Å²) in [5, 5.41) is 8.11. The molecule has 1 amide bonds. The molecule has 0 radical (unpaired) electrons. The lowest BCUT2D eigenvalue weighted by Crippen LogP contribution is -2.33. The molecule has 0 aromatic carbocycles. The van der Waals surface area contributed by atoms with Crippen molar-refractivity contribution in [1.82, 2.24) is 24.2 Å². The number of nitrogens with zero attached hydrogens (tertiary/aromatic N) is 5. The van der Waals surface area contributed by atoms with Gasteiger partial charge < -0.3 is 9.47 Å². The van der Waals surface area contributed by atoms with Crippen LogP contribution in [0.4, 0.5) is 0 Å². The Morgan fingerprint density at radius 2 is 2.26 bits per heavy atom. The number of thiophene rings is 1. The van der Waals surface area contributed by atoms with E-state index in [4.69, 9.17) is 0 Å². The number of amides is 1. The molecule has 118 valence electrons. The van der Waals surface area contributed by atoms with E-state index in [0.29, 0.717) is 19.6 Å². The highest BCUT2D eigenvalue weighted by Gasteiger charge is 2.22. The Morgan fingerprint density at radius 3 is 3.04 bits per heavy atom. The van der Waals surface area contributed by atoms with Crippen LogP contribution in [0.5, 0.6) is 0 Å². The quantitative estimate of drug-likeness (QED) is 0.738. The Balaban J connectivity index is 1.51. The second-order valence-electron chi connectivity index (χ2n) is 5.58. The average molecular weight is 327 g/mol. The zero-order valence-corrected chi connectivity index (χ0v) is 13.4. The van der Waals surface area contributed by atoms with Gasteiger partial charge in [0.15, 0.2) is 0 Å². The number of rotatable bonds is 3. The van der Waals surface area contributed by atoms with E-state index in [-0.39, 0.29) is 5.91 Å². The molecule has 0 spiro atoms. The Labute approximate surface area is 138 Å². The molecular formula is C16H17N5OS. The molecule has 4 rings (SSSR count). The van der Waals surface area contributed by atoms with Gasteiger partial charge in [-0.1, -0.05) is 0 Å². The number of carbonyl (C=O) groups excluding carboxylic acids is 1. The zero-order valence-electron chi connectivity index (χ0n) is 12.6. The van der Waals surface area contributed by atoms with E-state index in [1.54, 1.807) is 17.5 Å². The number of hydrogen-bond donors (Lipinski definition) is 0. The van der Waals surface area contributed by atoms with Gasteiger partial charge in [0.25, 0.3) is 5.91 Å². The third-order valence-electron chi connectivity index (χ3n) is 4.16. The second-order valence-corrected chi connectivity index (χ2v) is 6.36. The molecule has 7 heteroatoms. The number of hydrogen-bond acceptors (Lipinski definition) is 4. The lowest BCUT2D eigenvalue weighted by atomic mass is 10.2. The summed E-state index contributed by atoms with van der Waals surface area (Å²) in [5.41, 5.74) is 1.92. The molecule has 0 unspecified atom stereocenters. The maximum atomic E-state index is 12.5. The Kier molecular flexibility index (Phi) is 3.70. The fourth-order valence-electron chi connectivity index (χ4n) is 2.95. The van der Waals surface area contributed by atoms with Crippen molar-refractivity contribution in [2.24, 2.45) is 0 Å². The van der Waals surface area contributed by atoms with Gasteiger partial charge in [-0.3, -0.25) is 9.48 Å². The van der Waals surface area contributed by atoms with Crippen molar-refractivity contribution in [3.8, 4) is 0 Å². The van der Waals surface area contributed by atoms with Crippen LogP contribution in [0.2, 0.25) is 0 Å². The summed E-state index contributed by atoms with van der Waals surface area (Å²) in [7, 11) is 0. The van der Waals surface area contributed by atoms with Crippen molar-refractivity contribution in [2.75, 3.05) is 13.1 Å². The minimum absolute atomic E-state index is 0.116. The molecule has 3 aromatic heterocycles. The predicted molar refractivity (Wildman–Crippen MR) is 87.5 cm³/mol. The molecule has 0 N–H and O–H groups in total. The molecule has 0 bridgehead atoms. The Bertz CT molecular complexity index is 791. The fourth-order valence-corrected chi connectivity index (χ4v) is 3.58. The van der Waals surface area contributed by atoms with Crippen LogP contribution >= 0.6 is 11.3 Å². The molecule has 23 heavy (non-hydrogen) atoms. The standard InChI is InChI=1S/C16H17N5OS/c22-16(13-3-9-23-12-13)19-6-2-15-17-10-14(21(15)8-7-19)11-20-5-1-4-18-20/h1,3-5,9-10,12H,2,6-8,11H2. The lowest BCUT2D eigenvalue weighted by molar-refractivity contribution is 0.0759. The third kappa shape index (κ3) is 2.79. The predicted octanol–water partition coefficient (Wildman–Crippen LogP) is 1.89. The Hall–Kier alpha value is -2.41. The Morgan fingerprint density at radius 1 is 1.30 bits per heavy atom. The molecule has 4 heterocycles. The van der Waals surface area contributed by atoms with Crippen molar-refractivity contribution >= 4 is 17.2 Å². The van der Waals surface area contributed by atoms with Crippen molar-refractivity contribution in [3.05, 3.63) is 58.6 Å².